The van der Waals surface area contributed by atoms with Crippen molar-refractivity contribution in [2.24, 2.45) is 5.92 Å². The molecule has 3 aromatic rings. The Balaban J connectivity index is 1.23. The average Bonchev–Trinajstić information content (AvgIpc) is 3.08. The highest BCUT2D eigenvalue weighted by Gasteiger charge is 2.39. The predicted octanol–water partition coefficient (Wildman–Crippen LogP) is 2.94. The molecule has 12 heteroatoms. The number of aliphatic hydroxyl groups excluding tert-OH is 1. The monoisotopic (exact) mass is 618 g/mol. The Morgan fingerprint density at radius 2 is 1.60 bits per heavy atom. The minimum absolute atomic E-state index is 0.00994. The Morgan fingerprint density at radius 1 is 0.933 bits per heavy atom. The third kappa shape index (κ3) is 8.76. The standard InChI is InChI=1S/C33H42N6O6/c1-3-43-29(41)20-37-33(42)36-19-24-5-11-27(12-6-24)31-44-28(23(2)30(45-31)26-9-7-25(22-40)8-10-26)21-38-15-17-39(18-16-38)32-34-13-4-14-35-32/h4-14,23,28,30-31,40H,3,15-22H2,1-2H3,(H2,36,37,42)/t23-,28+,30+,31+/m1/s1. The SMILES string of the molecule is CCOC(=O)CNC(=O)NCc1ccc([C@H]2O[C@@H](CN3CCN(c4ncccn4)CC3)[C@@H](C)[C@@H](c3ccc(CO)cc3)O2)cc1. The first-order valence-corrected chi connectivity index (χ1v) is 15.4. The minimum Gasteiger partial charge on any atom is -0.465 e. The molecule has 2 saturated heterocycles. The summed E-state index contributed by atoms with van der Waals surface area (Å²) < 4.78 is 18.1. The van der Waals surface area contributed by atoms with Crippen molar-refractivity contribution in [1.29, 1.82) is 0 Å². The average molecular weight is 619 g/mol. The zero-order valence-electron chi connectivity index (χ0n) is 25.8. The molecule has 45 heavy (non-hydrogen) atoms. The van der Waals surface area contributed by atoms with Crippen molar-refractivity contribution >= 4 is 17.9 Å². The third-order valence-corrected chi connectivity index (χ3v) is 8.17. The summed E-state index contributed by atoms with van der Waals surface area (Å²) in [6.45, 7) is 8.44. The minimum atomic E-state index is -0.581. The number of aliphatic hydroxyl groups is 1. The zero-order valence-corrected chi connectivity index (χ0v) is 25.8. The summed E-state index contributed by atoms with van der Waals surface area (Å²) in [4.78, 5) is 37.0. The van der Waals surface area contributed by atoms with E-state index >= 15 is 0 Å². The van der Waals surface area contributed by atoms with Crippen LogP contribution in [0.5, 0.6) is 0 Å². The summed E-state index contributed by atoms with van der Waals surface area (Å²) in [7, 11) is 0. The van der Waals surface area contributed by atoms with Crippen LogP contribution >= 0.6 is 0 Å². The molecule has 2 amide bonds. The molecule has 0 aliphatic carbocycles. The summed E-state index contributed by atoms with van der Waals surface area (Å²) >= 11 is 0. The second-order valence-corrected chi connectivity index (χ2v) is 11.2. The van der Waals surface area contributed by atoms with Crippen LogP contribution in [-0.2, 0) is 32.2 Å². The van der Waals surface area contributed by atoms with Crippen molar-refractivity contribution in [2.75, 3.05) is 50.8 Å². The van der Waals surface area contributed by atoms with Crippen LogP contribution in [0.4, 0.5) is 10.7 Å². The molecule has 2 fully saturated rings. The number of rotatable bonds is 11. The van der Waals surface area contributed by atoms with E-state index in [0.29, 0.717) is 6.54 Å². The highest BCUT2D eigenvalue weighted by atomic mass is 16.7. The van der Waals surface area contributed by atoms with Gasteiger partial charge in [0.1, 0.15) is 6.54 Å². The van der Waals surface area contributed by atoms with Gasteiger partial charge in [0.25, 0.3) is 0 Å². The molecule has 5 rings (SSSR count). The van der Waals surface area contributed by atoms with Gasteiger partial charge in [0.05, 0.1) is 25.4 Å². The van der Waals surface area contributed by atoms with Gasteiger partial charge in [-0.05, 0) is 29.7 Å². The number of benzene rings is 2. The molecule has 0 radical (unpaired) electrons. The largest absolute Gasteiger partial charge is 0.465 e. The lowest BCUT2D eigenvalue weighted by molar-refractivity contribution is -0.276. The molecule has 0 unspecified atom stereocenters. The molecule has 0 spiro atoms. The van der Waals surface area contributed by atoms with Gasteiger partial charge < -0.3 is 34.9 Å². The summed E-state index contributed by atoms with van der Waals surface area (Å²) in [5, 5.41) is 14.8. The Kier molecular flexibility index (Phi) is 11.3. The lowest BCUT2D eigenvalue weighted by atomic mass is 9.90. The number of nitrogens with zero attached hydrogens (tertiary/aromatic N) is 4. The van der Waals surface area contributed by atoms with Crippen molar-refractivity contribution in [3.8, 4) is 0 Å². The van der Waals surface area contributed by atoms with Gasteiger partial charge in [0, 0.05) is 63.1 Å². The number of ether oxygens (including phenoxy) is 3. The molecular formula is C33H42N6O6. The number of nitrogens with one attached hydrogen (secondary N) is 2. The van der Waals surface area contributed by atoms with Gasteiger partial charge in [-0.1, -0.05) is 55.5 Å². The maximum Gasteiger partial charge on any atom is 0.325 e. The van der Waals surface area contributed by atoms with Crippen molar-refractivity contribution in [3.63, 3.8) is 0 Å². The molecule has 3 N–H and O–H groups in total. The van der Waals surface area contributed by atoms with E-state index in [1.165, 1.54) is 0 Å². The number of esters is 1. The lowest BCUT2D eigenvalue weighted by Gasteiger charge is -2.44. The molecule has 2 aliphatic rings. The molecular weight excluding hydrogens is 576 g/mol. The zero-order chi connectivity index (χ0) is 31.6. The quantitative estimate of drug-likeness (QED) is 0.275. The van der Waals surface area contributed by atoms with E-state index in [2.05, 4.69) is 37.3 Å². The van der Waals surface area contributed by atoms with Crippen molar-refractivity contribution in [3.05, 3.63) is 89.2 Å². The third-order valence-electron chi connectivity index (χ3n) is 8.17. The maximum atomic E-state index is 12.1. The summed E-state index contributed by atoms with van der Waals surface area (Å²) in [6.07, 6.45) is 2.67. The maximum absolute atomic E-state index is 12.1. The van der Waals surface area contributed by atoms with Crippen LogP contribution in [0.1, 0.15) is 48.5 Å². The number of anilines is 1. The fourth-order valence-corrected chi connectivity index (χ4v) is 5.57. The van der Waals surface area contributed by atoms with Gasteiger partial charge in [-0.2, -0.15) is 0 Å². The Labute approximate surface area is 263 Å². The molecule has 2 aliphatic heterocycles. The number of carbonyl (C=O) groups is 2. The van der Waals surface area contributed by atoms with Gasteiger partial charge in [0.15, 0.2) is 6.29 Å². The highest BCUT2D eigenvalue weighted by molar-refractivity contribution is 5.80. The van der Waals surface area contributed by atoms with E-state index in [-0.39, 0.29) is 37.9 Å². The van der Waals surface area contributed by atoms with Gasteiger partial charge in [0.2, 0.25) is 5.95 Å². The number of piperazine rings is 1. The fourth-order valence-electron chi connectivity index (χ4n) is 5.57. The normalized spacial score (nSPS) is 22.1. The molecule has 240 valence electrons. The summed E-state index contributed by atoms with van der Waals surface area (Å²) in [6, 6.07) is 17.0. The second-order valence-electron chi connectivity index (χ2n) is 11.2. The first-order valence-electron chi connectivity index (χ1n) is 15.4. The van der Waals surface area contributed by atoms with Gasteiger partial charge in [-0.15, -0.1) is 0 Å². The molecule has 4 atom stereocenters. The summed E-state index contributed by atoms with van der Waals surface area (Å²) in [5.74, 6) is 0.354. The molecule has 1 aromatic heterocycles. The van der Waals surface area contributed by atoms with Crippen LogP contribution in [-0.4, -0.2) is 84.0 Å². The van der Waals surface area contributed by atoms with E-state index in [9.17, 15) is 14.7 Å². The van der Waals surface area contributed by atoms with Crippen LogP contribution < -0.4 is 15.5 Å². The van der Waals surface area contributed by atoms with E-state index < -0.39 is 18.3 Å². The lowest BCUT2D eigenvalue weighted by Crippen LogP contribution is -2.51. The van der Waals surface area contributed by atoms with Crippen LogP contribution in [0.3, 0.4) is 0 Å². The van der Waals surface area contributed by atoms with Crippen molar-refractivity contribution < 1.29 is 28.9 Å². The molecule has 0 saturated carbocycles. The number of aromatic nitrogens is 2. The highest BCUT2D eigenvalue weighted by Crippen LogP contribution is 2.42. The predicted molar refractivity (Wildman–Crippen MR) is 167 cm³/mol. The number of carbonyl (C=O) groups excluding carboxylic acids is 2. The van der Waals surface area contributed by atoms with E-state index in [0.717, 1.165) is 60.9 Å². The van der Waals surface area contributed by atoms with Crippen LogP contribution in [0.2, 0.25) is 0 Å². The first kappa shape index (κ1) is 32.3. The van der Waals surface area contributed by atoms with Crippen LogP contribution in [0.25, 0.3) is 0 Å². The topological polar surface area (TPSA) is 138 Å². The summed E-state index contributed by atoms with van der Waals surface area (Å²) in [5.41, 5.74) is 3.66. The second kappa shape index (κ2) is 15.8. The number of hydrogen-bond acceptors (Lipinski definition) is 10. The number of hydrogen-bond donors (Lipinski definition) is 3. The molecule has 12 nitrogen and oxygen atoms in total. The Morgan fingerprint density at radius 3 is 2.27 bits per heavy atom. The van der Waals surface area contributed by atoms with E-state index in [4.69, 9.17) is 14.2 Å². The van der Waals surface area contributed by atoms with E-state index in [1.807, 2.05) is 54.6 Å². The smallest absolute Gasteiger partial charge is 0.325 e. The Hall–Kier alpha value is -4.10. The number of amides is 2. The molecule has 0 bridgehead atoms. The number of urea groups is 1. The van der Waals surface area contributed by atoms with Crippen LogP contribution in [0.15, 0.2) is 67.0 Å². The fraction of sp³-hybridized carbons (Fsp3) is 0.455. The van der Waals surface area contributed by atoms with Crippen molar-refractivity contribution in [2.45, 2.75) is 45.5 Å². The van der Waals surface area contributed by atoms with E-state index in [1.54, 1.807) is 19.3 Å². The first-order chi connectivity index (χ1) is 21.9. The van der Waals surface area contributed by atoms with Gasteiger partial charge >= 0.3 is 12.0 Å². The van der Waals surface area contributed by atoms with Crippen molar-refractivity contribution in [1.82, 2.24) is 25.5 Å². The van der Waals surface area contributed by atoms with Crippen LogP contribution in [0, 0.1) is 5.92 Å². The van der Waals surface area contributed by atoms with Gasteiger partial charge in [-0.25, -0.2) is 14.8 Å². The Bertz CT molecular complexity index is 1370. The molecule has 3 heterocycles. The molecule has 2 aromatic carbocycles. The van der Waals surface area contributed by atoms with Gasteiger partial charge in [-0.3, -0.25) is 9.69 Å².